The SMILES string of the molecule is COC(=O)c1c(C)oc2c1c(C(c1ccncc1)N1CCCCC1)c(O)c1ccc(OCc3cccc(F)c3)cc12. The molecule has 3 heterocycles. The molecule has 2 aromatic heterocycles. The van der Waals surface area contributed by atoms with Gasteiger partial charge in [0.05, 0.1) is 13.2 Å². The van der Waals surface area contributed by atoms with Gasteiger partial charge in [-0.15, -0.1) is 0 Å². The van der Waals surface area contributed by atoms with Crippen molar-refractivity contribution in [1.82, 2.24) is 9.88 Å². The number of esters is 1. The van der Waals surface area contributed by atoms with E-state index in [4.69, 9.17) is 13.9 Å². The molecule has 1 aliphatic rings. The standard InChI is InChI=1S/C33H31FN2O5/c1-20-27(33(38)39-2)28-29(30(22-11-13-35-14-12-22)36-15-4-3-5-16-36)31(37)25-10-9-24(18-26(25)32(28)41-20)40-19-21-7-6-8-23(34)17-21/h6-14,17-18,30,37H,3-5,15-16,19H2,1-2H3. The average molecular weight is 555 g/mol. The van der Waals surface area contributed by atoms with Crippen LogP contribution in [0.1, 0.15) is 58.1 Å². The topological polar surface area (TPSA) is 85.0 Å². The lowest BCUT2D eigenvalue weighted by Gasteiger charge is -2.36. The molecule has 8 heteroatoms. The number of aromatic hydroxyl groups is 1. The van der Waals surface area contributed by atoms with E-state index in [9.17, 15) is 14.3 Å². The Bertz CT molecular complexity index is 1730. The van der Waals surface area contributed by atoms with Crippen molar-refractivity contribution >= 4 is 27.7 Å². The number of phenolic OH excluding ortho intramolecular Hbond substituents is 1. The number of furan rings is 1. The van der Waals surface area contributed by atoms with Crippen LogP contribution in [-0.2, 0) is 11.3 Å². The number of aryl methyl sites for hydroxylation is 1. The molecule has 1 atom stereocenters. The molecule has 1 aliphatic heterocycles. The molecule has 1 saturated heterocycles. The molecule has 0 aliphatic carbocycles. The van der Waals surface area contributed by atoms with Crippen LogP contribution in [0.2, 0.25) is 0 Å². The fourth-order valence-corrected chi connectivity index (χ4v) is 5.95. The number of nitrogens with zero attached hydrogens (tertiary/aromatic N) is 2. The van der Waals surface area contributed by atoms with Gasteiger partial charge in [0.1, 0.15) is 40.8 Å². The lowest BCUT2D eigenvalue weighted by Crippen LogP contribution is -2.34. The number of hydrogen-bond donors (Lipinski definition) is 1. The van der Waals surface area contributed by atoms with Gasteiger partial charge in [0.25, 0.3) is 0 Å². The van der Waals surface area contributed by atoms with Crippen LogP contribution in [0.4, 0.5) is 4.39 Å². The van der Waals surface area contributed by atoms with Gasteiger partial charge in [0, 0.05) is 34.1 Å². The van der Waals surface area contributed by atoms with E-state index in [1.807, 2.05) is 12.1 Å². The molecule has 210 valence electrons. The molecule has 0 spiro atoms. The van der Waals surface area contributed by atoms with E-state index in [-0.39, 0.29) is 29.8 Å². The maximum absolute atomic E-state index is 13.7. The number of carbonyl (C=O) groups is 1. The number of likely N-dealkylation sites (tertiary alicyclic amines) is 1. The zero-order valence-electron chi connectivity index (χ0n) is 23.0. The summed E-state index contributed by atoms with van der Waals surface area (Å²) in [7, 11) is 1.34. The van der Waals surface area contributed by atoms with Crippen molar-refractivity contribution in [2.45, 2.75) is 38.8 Å². The molecule has 7 nitrogen and oxygen atoms in total. The first-order valence-electron chi connectivity index (χ1n) is 13.8. The van der Waals surface area contributed by atoms with Gasteiger partial charge in [-0.3, -0.25) is 9.88 Å². The number of ether oxygens (including phenoxy) is 2. The lowest BCUT2D eigenvalue weighted by atomic mass is 9.88. The minimum atomic E-state index is -0.535. The van der Waals surface area contributed by atoms with Gasteiger partial charge in [0.15, 0.2) is 0 Å². The van der Waals surface area contributed by atoms with E-state index in [1.165, 1.54) is 19.2 Å². The monoisotopic (exact) mass is 554 g/mol. The zero-order chi connectivity index (χ0) is 28.5. The number of phenols is 1. The highest BCUT2D eigenvalue weighted by molar-refractivity contribution is 6.17. The van der Waals surface area contributed by atoms with E-state index < -0.39 is 5.97 Å². The van der Waals surface area contributed by atoms with E-state index in [1.54, 1.807) is 49.6 Å². The number of pyridine rings is 1. The van der Waals surface area contributed by atoms with Crippen LogP contribution in [0.15, 0.2) is 71.4 Å². The largest absolute Gasteiger partial charge is 0.507 e. The fraction of sp³-hybridized carbons (Fsp3) is 0.273. The summed E-state index contributed by atoms with van der Waals surface area (Å²) < 4.78 is 31.1. The number of rotatable bonds is 7. The van der Waals surface area contributed by atoms with Crippen LogP contribution in [0, 0.1) is 12.7 Å². The first kappa shape index (κ1) is 26.8. The Morgan fingerprint density at radius 1 is 1.07 bits per heavy atom. The summed E-state index contributed by atoms with van der Waals surface area (Å²) >= 11 is 0. The number of carbonyl (C=O) groups excluding carboxylic acids is 1. The third kappa shape index (κ3) is 5.00. The molecule has 6 rings (SSSR count). The maximum atomic E-state index is 13.7. The van der Waals surface area contributed by atoms with Gasteiger partial charge in [-0.2, -0.15) is 0 Å². The van der Waals surface area contributed by atoms with Gasteiger partial charge < -0.3 is 19.0 Å². The number of methoxy groups -OCH3 is 1. The molecule has 41 heavy (non-hydrogen) atoms. The molecule has 1 fully saturated rings. The summed E-state index contributed by atoms with van der Waals surface area (Å²) in [5, 5.41) is 13.7. The molecule has 0 bridgehead atoms. The van der Waals surface area contributed by atoms with Crippen molar-refractivity contribution in [1.29, 1.82) is 0 Å². The summed E-state index contributed by atoms with van der Waals surface area (Å²) in [5.74, 6) is 0.126. The second-order valence-corrected chi connectivity index (χ2v) is 10.4. The Kier molecular flexibility index (Phi) is 7.32. The average Bonchev–Trinajstić information content (AvgIpc) is 3.35. The van der Waals surface area contributed by atoms with Crippen LogP contribution in [0.25, 0.3) is 21.7 Å². The summed E-state index contributed by atoms with van der Waals surface area (Å²) in [5.41, 5.74) is 3.01. The van der Waals surface area contributed by atoms with Crippen LogP contribution < -0.4 is 4.74 Å². The van der Waals surface area contributed by atoms with Crippen LogP contribution in [0.5, 0.6) is 11.5 Å². The number of aromatic nitrogens is 1. The van der Waals surface area contributed by atoms with Crippen LogP contribution in [-0.4, -0.2) is 41.2 Å². The molecule has 0 saturated carbocycles. The maximum Gasteiger partial charge on any atom is 0.342 e. The minimum absolute atomic E-state index is 0.0718. The zero-order valence-corrected chi connectivity index (χ0v) is 23.0. The van der Waals surface area contributed by atoms with Crippen molar-refractivity contribution < 1.29 is 28.2 Å². The number of halogens is 1. The summed E-state index contributed by atoms with van der Waals surface area (Å²) in [6.45, 7) is 3.60. The highest BCUT2D eigenvalue weighted by Crippen LogP contribution is 2.48. The normalized spacial score (nSPS) is 14.8. The molecule has 5 aromatic rings. The van der Waals surface area contributed by atoms with Crippen molar-refractivity contribution in [2.24, 2.45) is 0 Å². The molecule has 3 aromatic carbocycles. The van der Waals surface area contributed by atoms with Gasteiger partial charge in [-0.05, 0) is 86.4 Å². The van der Waals surface area contributed by atoms with Gasteiger partial charge in [0.2, 0.25) is 0 Å². The molecule has 0 amide bonds. The molecular formula is C33H31FN2O5. The smallest absolute Gasteiger partial charge is 0.342 e. The van der Waals surface area contributed by atoms with Gasteiger partial charge in [-0.25, -0.2) is 9.18 Å². The van der Waals surface area contributed by atoms with E-state index in [0.29, 0.717) is 44.4 Å². The highest BCUT2D eigenvalue weighted by atomic mass is 19.1. The Morgan fingerprint density at radius 2 is 1.85 bits per heavy atom. The van der Waals surface area contributed by atoms with Crippen molar-refractivity contribution in [2.75, 3.05) is 20.2 Å². The molecule has 1 N–H and O–H groups in total. The van der Waals surface area contributed by atoms with E-state index in [2.05, 4.69) is 9.88 Å². The highest BCUT2D eigenvalue weighted by Gasteiger charge is 2.34. The van der Waals surface area contributed by atoms with Crippen molar-refractivity contribution in [3.63, 3.8) is 0 Å². The van der Waals surface area contributed by atoms with Crippen LogP contribution >= 0.6 is 0 Å². The Hall–Kier alpha value is -4.43. The second kappa shape index (κ2) is 11.2. The molecule has 1 unspecified atom stereocenters. The minimum Gasteiger partial charge on any atom is -0.507 e. The van der Waals surface area contributed by atoms with E-state index >= 15 is 0 Å². The predicted molar refractivity (Wildman–Crippen MR) is 154 cm³/mol. The first-order chi connectivity index (χ1) is 20.0. The Labute approximate surface area is 237 Å². The third-order valence-electron chi connectivity index (χ3n) is 7.83. The second-order valence-electron chi connectivity index (χ2n) is 10.4. The fourth-order valence-electron chi connectivity index (χ4n) is 5.95. The third-order valence-corrected chi connectivity index (χ3v) is 7.83. The molecule has 0 radical (unpaired) electrons. The number of fused-ring (bicyclic) bond motifs is 3. The number of piperidine rings is 1. The number of benzene rings is 3. The van der Waals surface area contributed by atoms with Crippen molar-refractivity contribution in [3.05, 3.63) is 101 Å². The number of hydrogen-bond acceptors (Lipinski definition) is 7. The molecular weight excluding hydrogens is 523 g/mol. The van der Waals surface area contributed by atoms with Gasteiger partial charge >= 0.3 is 5.97 Å². The van der Waals surface area contributed by atoms with E-state index in [0.717, 1.165) is 37.9 Å². The predicted octanol–water partition coefficient (Wildman–Crippen LogP) is 7.08. The Morgan fingerprint density at radius 3 is 2.59 bits per heavy atom. The lowest BCUT2D eigenvalue weighted by molar-refractivity contribution is 0.0600. The first-order valence-corrected chi connectivity index (χ1v) is 13.8. The summed E-state index contributed by atoms with van der Waals surface area (Å²) in [4.78, 5) is 19.7. The summed E-state index contributed by atoms with van der Waals surface area (Å²) in [6.07, 6.45) is 6.71. The quantitative estimate of drug-likeness (QED) is 0.215. The van der Waals surface area contributed by atoms with Crippen molar-refractivity contribution in [3.8, 4) is 11.5 Å². The summed E-state index contributed by atoms with van der Waals surface area (Å²) in [6, 6.07) is 15.2. The van der Waals surface area contributed by atoms with Gasteiger partial charge in [-0.1, -0.05) is 18.6 Å². The van der Waals surface area contributed by atoms with Crippen LogP contribution in [0.3, 0.4) is 0 Å². The Balaban J connectivity index is 1.58.